The Morgan fingerprint density at radius 3 is 2.48 bits per heavy atom. The summed E-state index contributed by atoms with van der Waals surface area (Å²) in [6.45, 7) is 8.01. The van der Waals surface area contributed by atoms with Gasteiger partial charge in [0.05, 0.1) is 16.3 Å². The van der Waals surface area contributed by atoms with E-state index >= 15 is 0 Å². The highest BCUT2D eigenvalue weighted by molar-refractivity contribution is 8.00. The molecule has 1 amide bonds. The molecule has 2 aromatic heterocycles. The average molecular weight is 466 g/mol. The Morgan fingerprint density at radius 1 is 1.09 bits per heavy atom. The summed E-state index contributed by atoms with van der Waals surface area (Å²) < 4.78 is 1.90. The number of benzene rings is 2. The second-order valence-corrected chi connectivity index (χ2v) is 8.98. The zero-order valence-corrected chi connectivity index (χ0v) is 19.9. The number of fused-ring (bicyclic) bond motifs is 1. The lowest BCUT2D eigenvalue weighted by molar-refractivity contribution is -0.115. The van der Waals surface area contributed by atoms with Crippen molar-refractivity contribution in [1.82, 2.24) is 24.7 Å². The number of hydrogen-bond donors (Lipinski definition) is 3. The van der Waals surface area contributed by atoms with E-state index in [1.807, 2.05) is 30.7 Å². The van der Waals surface area contributed by atoms with Crippen LogP contribution in [0.5, 0.6) is 0 Å². The van der Waals surface area contributed by atoms with Crippen molar-refractivity contribution in [3.05, 3.63) is 52.9 Å². The van der Waals surface area contributed by atoms with E-state index in [0.717, 1.165) is 24.5 Å². The van der Waals surface area contributed by atoms with Crippen molar-refractivity contribution in [2.24, 2.45) is 7.05 Å². The molecule has 0 spiro atoms. The number of nitrogens with zero attached hydrogens (tertiary/aromatic N) is 4. The van der Waals surface area contributed by atoms with E-state index in [2.05, 4.69) is 56.4 Å². The maximum absolute atomic E-state index is 12.7. The first-order valence-corrected chi connectivity index (χ1v) is 11.7. The van der Waals surface area contributed by atoms with E-state index < -0.39 is 5.25 Å². The quantitative estimate of drug-likeness (QED) is 0.343. The number of imidazole rings is 1. The van der Waals surface area contributed by atoms with Gasteiger partial charge in [-0.15, -0.1) is 10.2 Å². The van der Waals surface area contributed by atoms with Gasteiger partial charge in [-0.25, -0.2) is 4.79 Å². The van der Waals surface area contributed by atoms with Crippen molar-refractivity contribution < 1.29 is 4.79 Å². The molecule has 172 valence electrons. The Kier molecular flexibility index (Phi) is 6.55. The molecule has 4 rings (SSSR count). The average Bonchev–Trinajstić information content (AvgIpc) is 3.36. The molecule has 4 aromatic rings. The van der Waals surface area contributed by atoms with E-state index in [-0.39, 0.29) is 11.6 Å². The second kappa shape index (κ2) is 9.53. The van der Waals surface area contributed by atoms with Crippen LogP contribution in [0.1, 0.15) is 20.8 Å². The Morgan fingerprint density at radius 2 is 1.79 bits per heavy atom. The van der Waals surface area contributed by atoms with Crippen LogP contribution in [0.2, 0.25) is 0 Å². The maximum Gasteiger partial charge on any atom is 0.323 e. The fourth-order valence-corrected chi connectivity index (χ4v) is 4.46. The van der Waals surface area contributed by atoms with Crippen molar-refractivity contribution >= 4 is 40.1 Å². The summed E-state index contributed by atoms with van der Waals surface area (Å²) in [7, 11) is 1.90. The Labute approximate surface area is 195 Å². The van der Waals surface area contributed by atoms with Crippen molar-refractivity contribution in [3.63, 3.8) is 0 Å². The van der Waals surface area contributed by atoms with Gasteiger partial charge in [-0.2, -0.15) is 0 Å². The van der Waals surface area contributed by atoms with Crippen LogP contribution in [0.4, 0.5) is 11.4 Å². The minimum absolute atomic E-state index is 0.162. The van der Waals surface area contributed by atoms with Crippen LogP contribution in [0.25, 0.3) is 22.4 Å². The predicted octanol–water partition coefficient (Wildman–Crippen LogP) is 3.62. The normalized spacial score (nSPS) is 12.1. The molecule has 1 atom stereocenters. The van der Waals surface area contributed by atoms with Crippen LogP contribution >= 0.6 is 11.8 Å². The van der Waals surface area contributed by atoms with Crippen LogP contribution in [-0.2, 0) is 11.8 Å². The Bertz CT molecular complexity index is 1320. The number of hydrogen-bond acceptors (Lipinski definition) is 6. The van der Waals surface area contributed by atoms with Crippen molar-refractivity contribution in [3.8, 4) is 11.4 Å². The molecule has 2 heterocycles. The Balaban J connectivity index is 1.44. The summed E-state index contributed by atoms with van der Waals surface area (Å²) >= 11 is 1.34. The molecule has 33 heavy (non-hydrogen) atoms. The van der Waals surface area contributed by atoms with Gasteiger partial charge in [0.1, 0.15) is 0 Å². The first-order valence-electron chi connectivity index (χ1n) is 10.8. The highest BCUT2D eigenvalue weighted by Gasteiger charge is 2.20. The zero-order chi connectivity index (χ0) is 23.5. The van der Waals surface area contributed by atoms with Gasteiger partial charge < -0.3 is 24.8 Å². The first kappa shape index (κ1) is 22.7. The van der Waals surface area contributed by atoms with Gasteiger partial charge in [-0.05, 0) is 63.2 Å². The van der Waals surface area contributed by atoms with Gasteiger partial charge in [-0.3, -0.25) is 4.79 Å². The summed E-state index contributed by atoms with van der Waals surface area (Å²) in [6, 6.07) is 13.5. The molecule has 0 fully saturated rings. The number of H-pyrrole nitrogens is 2. The summed E-state index contributed by atoms with van der Waals surface area (Å²) in [4.78, 5) is 31.8. The molecule has 0 aliphatic rings. The molecule has 9 nitrogen and oxygen atoms in total. The molecule has 1 unspecified atom stereocenters. The monoisotopic (exact) mass is 465 g/mol. The van der Waals surface area contributed by atoms with Crippen LogP contribution in [-0.4, -0.2) is 49.0 Å². The van der Waals surface area contributed by atoms with Crippen LogP contribution in [0.3, 0.4) is 0 Å². The van der Waals surface area contributed by atoms with Crippen molar-refractivity contribution in [2.75, 3.05) is 23.3 Å². The molecule has 0 aliphatic carbocycles. The molecule has 3 N–H and O–H groups in total. The third kappa shape index (κ3) is 4.80. The molecular weight excluding hydrogens is 438 g/mol. The standard InChI is InChI=1S/C23H27N7O2S/c1-5-30(6-2)17-10-7-15(8-11-17)20-27-28-23(29(20)4)33-14(3)21(31)24-16-9-12-18-19(13-16)26-22(32)25-18/h7-14H,5-6H2,1-4H3,(H,24,31)(H2,25,26,32). The fourth-order valence-electron chi connectivity index (χ4n) is 3.64. The van der Waals surface area contributed by atoms with E-state index in [1.54, 1.807) is 18.2 Å². The van der Waals surface area contributed by atoms with E-state index in [0.29, 0.717) is 21.9 Å². The summed E-state index contributed by atoms with van der Waals surface area (Å²) in [5.41, 5.74) is 3.81. The second-order valence-electron chi connectivity index (χ2n) is 7.67. The number of nitrogens with one attached hydrogen (secondary N) is 3. The third-order valence-electron chi connectivity index (χ3n) is 5.52. The van der Waals surface area contributed by atoms with Crippen LogP contribution in [0, 0.1) is 0 Å². The Hall–Kier alpha value is -3.53. The molecular formula is C23H27N7O2S. The number of carbonyl (C=O) groups excluding carboxylic acids is 1. The molecule has 0 radical (unpaired) electrons. The summed E-state index contributed by atoms with van der Waals surface area (Å²) in [5, 5.41) is 11.8. The van der Waals surface area contributed by atoms with Gasteiger partial charge >= 0.3 is 5.69 Å². The van der Waals surface area contributed by atoms with E-state index in [9.17, 15) is 9.59 Å². The smallest absolute Gasteiger partial charge is 0.323 e. The fraction of sp³-hybridized carbons (Fsp3) is 0.304. The first-order chi connectivity index (χ1) is 15.9. The maximum atomic E-state index is 12.7. The van der Waals surface area contributed by atoms with Crippen molar-refractivity contribution in [2.45, 2.75) is 31.2 Å². The van der Waals surface area contributed by atoms with Gasteiger partial charge in [0.2, 0.25) is 5.91 Å². The van der Waals surface area contributed by atoms with Gasteiger partial charge in [0, 0.05) is 37.1 Å². The SMILES string of the molecule is CCN(CC)c1ccc(-c2nnc(SC(C)C(=O)Nc3ccc4[nH]c(=O)[nH]c4c3)n2C)cc1. The van der Waals surface area contributed by atoms with Crippen LogP contribution < -0.4 is 15.9 Å². The topological polar surface area (TPSA) is 112 Å². The molecule has 0 aliphatic heterocycles. The number of rotatable bonds is 8. The molecule has 10 heteroatoms. The van der Waals surface area contributed by atoms with Gasteiger partial charge in [0.15, 0.2) is 11.0 Å². The number of anilines is 2. The molecule has 0 saturated carbocycles. The van der Waals surface area contributed by atoms with E-state index in [4.69, 9.17) is 0 Å². The number of amides is 1. The zero-order valence-electron chi connectivity index (χ0n) is 19.0. The molecule has 2 aromatic carbocycles. The number of aromatic amines is 2. The molecule has 0 bridgehead atoms. The minimum Gasteiger partial charge on any atom is -0.372 e. The number of aromatic nitrogens is 5. The third-order valence-corrected chi connectivity index (χ3v) is 6.66. The van der Waals surface area contributed by atoms with Gasteiger partial charge in [0.25, 0.3) is 0 Å². The summed E-state index contributed by atoms with van der Waals surface area (Å²) in [5.74, 6) is 0.587. The number of carbonyl (C=O) groups is 1. The molecule has 0 saturated heterocycles. The lowest BCUT2D eigenvalue weighted by atomic mass is 10.2. The number of thioether (sulfide) groups is 1. The minimum atomic E-state index is -0.397. The van der Waals surface area contributed by atoms with Crippen molar-refractivity contribution in [1.29, 1.82) is 0 Å². The van der Waals surface area contributed by atoms with Crippen LogP contribution in [0.15, 0.2) is 52.4 Å². The predicted molar refractivity (Wildman–Crippen MR) is 133 cm³/mol. The summed E-state index contributed by atoms with van der Waals surface area (Å²) in [6.07, 6.45) is 0. The lowest BCUT2D eigenvalue weighted by Crippen LogP contribution is -2.22. The van der Waals surface area contributed by atoms with E-state index in [1.165, 1.54) is 17.4 Å². The lowest BCUT2D eigenvalue weighted by Gasteiger charge is -2.21. The van der Waals surface area contributed by atoms with Gasteiger partial charge in [-0.1, -0.05) is 11.8 Å². The highest BCUT2D eigenvalue weighted by atomic mass is 32.2. The highest BCUT2D eigenvalue weighted by Crippen LogP contribution is 2.28. The largest absolute Gasteiger partial charge is 0.372 e.